The predicted octanol–water partition coefficient (Wildman–Crippen LogP) is 3.89. The molecule has 0 aromatic heterocycles. The fourth-order valence-corrected chi connectivity index (χ4v) is 4.77. The molecular formula is C28H37N3O6. The van der Waals surface area contributed by atoms with Gasteiger partial charge in [0.05, 0.1) is 25.4 Å². The lowest BCUT2D eigenvalue weighted by Crippen LogP contribution is -2.41. The van der Waals surface area contributed by atoms with Gasteiger partial charge in [-0.1, -0.05) is 42.8 Å². The van der Waals surface area contributed by atoms with E-state index in [0.29, 0.717) is 5.69 Å². The summed E-state index contributed by atoms with van der Waals surface area (Å²) in [6.45, 7) is 4.79. The van der Waals surface area contributed by atoms with Crippen LogP contribution in [0.2, 0.25) is 0 Å². The van der Waals surface area contributed by atoms with Crippen LogP contribution in [-0.2, 0) is 25.6 Å². The third kappa shape index (κ3) is 8.00. The molecule has 2 fully saturated rings. The van der Waals surface area contributed by atoms with Gasteiger partial charge in [0, 0.05) is 24.2 Å². The summed E-state index contributed by atoms with van der Waals surface area (Å²) in [4.78, 5) is 26.2. The number of anilines is 1. The van der Waals surface area contributed by atoms with Gasteiger partial charge in [0.2, 0.25) is 0 Å². The zero-order chi connectivity index (χ0) is 26.0. The lowest BCUT2D eigenvalue weighted by atomic mass is 9.99. The molecule has 3 N–H and O–H groups in total. The number of urea groups is 1. The first-order valence-corrected chi connectivity index (χ1v) is 13.1. The van der Waals surface area contributed by atoms with Crippen molar-refractivity contribution >= 4 is 17.7 Å². The smallest absolute Gasteiger partial charge is 0.325 e. The van der Waals surface area contributed by atoms with Crippen molar-refractivity contribution in [2.45, 2.75) is 57.7 Å². The molecule has 2 aliphatic heterocycles. The number of benzene rings is 2. The number of aliphatic hydroxyl groups is 1. The molecule has 9 heteroatoms. The minimum Gasteiger partial charge on any atom is -0.465 e. The normalized spacial score (nSPS) is 22.3. The van der Waals surface area contributed by atoms with Gasteiger partial charge in [-0.2, -0.15) is 0 Å². The monoisotopic (exact) mass is 511 g/mol. The zero-order valence-corrected chi connectivity index (χ0v) is 21.4. The second kappa shape index (κ2) is 13.5. The maximum absolute atomic E-state index is 12.3. The second-order valence-corrected chi connectivity index (χ2v) is 9.45. The Morgan fingerprint density at radius 1 is 1.05 bits per heavy atom. The third-order valence-electron chi connectivity index (χ3n) is 6.64. The van der Waals surface area contributed by atoms with Crippen molar-refractivity contribution < 1.29 is 28.9 Å². The maximum Gasteiger partial charge on any atom is 0.325 e. The first-order chi connectivity index (χ1) is 18.0. The summed E-state index contributed by atoms with van der Waals surface area (Å²) >= 11 is 0. The Morgan fingerprint density at radius 3 is 2.57 bits per heavy atom. The number of carbonyl (C=O) groups excluding carboxylic acids is 2. The molecule has 2 heterocycles. The summed E-state index contributed by atoms with van der Waals surface area (Å²) in [6, 6.07) is 14.7. The van der Waals surface area contributed by atoms with Crippen LogP contribution >= 0.6 is 0 Å². The quantitative estimate of drug-likeness (QED) is 0.438. The van der Waals surface area contributed by atoms with Crippen molar-refractivity contribution in [2.24, 2.45) is 0 Å². The first-order valence-electron chi connectivity index (χ1n) is 13.1. The molecule has 0 aliphatic carbocycles. The Kier molecular flexibility index (Phi) is 9.90. The number of nitrogens with zero attached hydrogens (tertiary/aromatic N) is 1. The van der Waals surface area contributed by atoms with Crippen molar-refractivity contribution in [1.82, 2.24) is 10.2 Å². The molecule has 9 nitrogen and oxygen atoms in total. The molecule has 2 saturated heterocycles. The predicted molar refractivity (Wildman–Crippen MR) is 139 cm³/mol. The second-order valence-electron chi connectivity index (χ2n) is 9.45. The maximum atomic E-state index is 12.3. The highest BCUT2D eigenvalue weighted by Gasteiger charge is 2.33. The standard InChI is InChI=1S/C28H37N3O6/c1-2-35-26(33)17-29-28(34)30-23-8-6-7-22(15-23)27-36-24(18-31-13-4-3-5-14-31)16-25(37-27)21-11-9-20(19-32)10-12-21/h6-12,15,24-25,27,32H,2-5,13-14,16-19H2,1H3,(H2,29,30,34)/t24-,25+,27+/m0/s1. The van der Waals surface area contributed by atoms with Crippen LogP contribution in [0, 0.1) is 0 Å². The van der Waals surface area contributed by atoms with Gasteiger partial charge < -0.3 is 34.9 Å². The molecule has 0 bridgehead atoms. The van der Waals surface area contributed by atoms with Crippen LogP contribution in [0.3, 0.4) is 0 Å². The van der Waals surface area contributed by atoms with Crippen LogP contribution in [0.5, 0.6) is 0 Å². The van der Waals surface area contributed by atoms with Crippen LogP contribution in [0.1, 0.15) is 61.7 Å². The van der Waals surface area contributed by atoms with Crippen molar-refractivity contribution in [1.29, 1.82) is 0 Å². The van der Waals surface area contributed by atoms with Gasteiger partial charge in [0.15, 0.2) is 6.29 Å². The van der Waals surface area contributed by atoms with Crippen molar-refractivity contribution in [3.8, 4) is 0 Å². The van der Waals surface area contributed by atoms with E-state index in [1.165, 1.54) is 19.3 Å². The van der Waals surface area contributed by atoms with Gasteiger partial charge in [0.1, 0.15) is 6.54 Å². The number of aliphatic hydroxyl groups excluding tert-OH is 1. The van der Waals surface area contributed by atoms with E-state index in [0.717, 1.165) is 42.7 Å². The zero-order valence-electron chi connectivity index (χ0n) is 21.4. The van der Waals surface area contributed by atoms with Crippen LogP contribution < -0.4 is 10.6 Å². The van der Waals surface area contributed by atoms with Crippen molar-refractivity contribution in [2.75, 3.05) is 38.1 Å². The highest BCUT2D eigenvalue weighted by molar-refractivity contribution is 5.91. The number of carbonyl (C=O) groups is 2. The van der Waals surface area contributed by atoms with E-state index in [9.17, 15) is 14.7 Å². The van der Waals surface area contributed by atoms with Crippen molar-refractivity contribution in [3.63, 3.8) is 0 Å². The summed E-state index contributed by atoms with van der Waals surface area (Å²) in [7, 11) is 0. The molecular weight excluding hydrogens is 474 g/mol. The highest BCUT2D eigenvalue weighted by atomic mass is 16.7. The van der Waals surface area contributed by atoms with E-state index in [-0.39, 0.29) is 32.0 Å². The number of amides is 2. The Morgan fingerprint density at radius 2 is 1.84 bits per heavy atom. The van der Waals surface area contributed by atoms with Gasteiger partial charge in [-0.3, -0.25) is 4.79 Å². The number of ether oxygens (including phenoxy) is 3. The highest BCUT2D eigenvalue weighted by Crippen LogP contribution is 2.38. The minimum absolute atomic E-state index is 0.00226. The van der Waals surface area contributed by atoms with Gasteiger partial charge in [0.25, 0.3) is 0 Å². The number of likely N-dealkylation sites (tertiary alicyclic amines) is 1. The number of piperidine rings is 1. The van der Waals surface area contributed by atoms with Crippen LogP contribution in [0.15, 0.2) is 48.5 Å². The average molecular weight is 512 g/mol. The van der Waals surface area contributed by atoms with Crippen molar-refractivity contribution in [3.05, 3.63) is 65.2 Å². The Balaban J connectivity index is 1.46. The molecule has 0 unspecified atom stereocenters. The molecule has 2 aromatic rings. The van der Waals surface area contributed by atoms with Gasteiger partial charge in [-0.25, -0.2) is 4.79 Å². The Labute approximate surface area is 218 Å². The van der Waals surface area contributed by atoms with E-state index in [1.54, 1.807) is 13.0 Å². The SMILES string of the molecule is CCOC(=O)CNC(=O)Nc1cccc([C@@H]2O[C@H](CN3CCCCC3)C[C@H](c3ccc(CO)cc3)O2)c1. The van der Waals surface area contributed by atoms with Gasteiger partial charge >= 0.3 is 12.0 Å². The molecule has 4 rings (SSSR count). The number of esters is 1. The number of rotatable bonds is 9. The molecule has 200 valence electrons. The van der Waals surface area contributed by atoms with E-state index >= 15 is 0 Å². The van der Waals surface area contributed by atoms with Gasteiger partial charge in [-0.15, -0.1) is 0 Å². The largest absolute Gasteiger partial charge is 0.465 e. The molecule has 0 spiro atoms. The molecule has 2 aromatic carbocycles. The van der Waals surface area contributed by atoms with E-state index in [2.05, 4.69) is 15.5 Å². The Hall–Kier alpha value is -2.98. The van der Waals surface area contributed by atoms with Gasteiger partial charge in [-0.05, 0) is 56.1 Å². The fourth-order valence-electron chi connectivity index (χ4n) is 4.77. The summed E-state index contributed by atoms with van der Waals surface area (Å²) in [5, 5.41) is 14.7. The summed E-state index contributed by atoms with van der Waals surface area (Å²) in [5.41, 5.74) is 3.26. The average Bonchev–Trinajstić information content (AvgIpc) is 2.93. The number of hydrogen-bond acceptors (Lipinski definition) is 7. The van der Waals surface area contributed by atoms with E-state index < -0.39 is 18.3 Å². The minimum atomic E-state index is -0.601. The van der Waals surface area contributed by atoms with Crippen LogP contribution in [-0.4, -0.2) is 60.9 Å². The summed E-state index contributed by atoms with van der Waals surface area (Å²) in [6.07, 6.45) is 3.67. The number of hydrogen-bond donors (Lipinski definition) is 3. The molecule has 37 heavy (non-hydrogen) atoms. The fraction of sp³-hybridized carbons (Fsp3) is 0.500. The molecule has 2 amide bonds. The Bertz CT molecular complexity index is 1020. The van der Waals surface area contributed by atoms with Crippen LogP contribution in [0.25, 0.3) is 0 Å². The van der Waals surface area contributed by atoms with Crippen LogP contribution in [0.4, 0.5) is 10.5 Å². The first kappa shape index (κ1) is 27.1. The van der Waals surface area contributed by atoms with E-state index in [1.807, 2.05) is 42.5 Å². The number of nitrogens with one attached hydrogen (secondary N) is 2. The summed E-state index contributed by atoms with van der Waals surface area (Å²) < 4.78 is 17.7. The molecule has 3 atom stereocenters. The lowest BCUT2D eigenvalue weighted by Gasteiger charge is -2.39. The molecule has 2 aliphatic rings. The molecule has 0 radical (unpaired) electrons. The molecule has 0 saturated carbocycles. The topological polar surface area (TPSA) is 109 Å². The van der Waals surface area contributed by atoms with E-state index in [4.69, 9.17) is 14.2 Å². The lowest BCUT2D eigenvalue weighted by molar-refractivity contribution is -0.253. The summed E-state index contributed by atoms with van der Waals surface area (Å²) in [5.74, 6) is -0.492. The third-order valence-corrected chi connectivity index (χ3v) is 6.64.